The maximum Gasteiger partial charge on any atom is 0.329 e. The van der Waals surface area contributed by atoms with Gasteiger partial charge in [-0.25, -0.2) is 4.79 Å². The van der Waals surface area contributed by atoms with E-state index in [0.29, 0.717) is 29.6 Å². The quantitative estimate of drug-likeness (QED) is 0.253. The Morgan fingerprint density at radius 1 is 1.06 bits per heavy atom. The van der Waals surface area contributed by atoms with Gasteiger partial charge in [-0.3, -0.25) is 19.3 Å². The van der Waals surface area contributed by atoms with Crippen LogP contribution in [0.5, 0.6) is 0 Å². The maximum atomic E-state index is 13.4. The molecule has 1 aromatic carbocycles. The number of thioether (sulfide) groups is 1. The largest absolute Gasteiger partial charge is 0.456 e. The van der Waals surface area contributed by atoms with Crippen molar-refractivity contribution in [2.24, 2.45) is 35.5 Å². The third-order valence-electron chi connectivity index (χ3n) is 8.05. The molecule has 0 spiro atoms. The highest BCUT2D eigenvalue weighted by molar-refractivity contribution is 7.98. The lowest BCUT2D eigenvalue weighted by atomic mass is 9.63. The molecule has 0 N–H and O–H groups in total. The number of ketones is 1. The molecule has 0 unspecified atom stereocenters. The lowest BCUT2D eigenvalue weighted by Gasteiger charge is -2.37. The number of carbonyl (C=O) groups is 4. The van der Waals surface area contributed by atoms with Crippen LogP contribution in [0.4, 0.5) is 0 Å². The molecule has 0 aromatic heterocycles. The first-order chi connectivity index (χ1) is 15.8. The number of benzene rings is 1. The molecule has 7 heteroatoms. The molecule has 2 amide bonds. The molecule has 3 fully saturated rings. The van der Waals surface area contributed by atoms with Crippen molar-refractivity contribution in [1.29, 1.82) is 0 Å². The monoisotopic (exact) mass is 467 g/mol. The Labute approximate surface area is 198 Å². The lowest BCUT2D eigenvalue weighted by molar-refractivity contribution is -0.158. The van der Waals surface area contributed by atoms with E-state index >= 15 is 0 Å². The average Bonchev–Trinajstić information content (AvgIpc) is 3.59. The average molecular weight is 468 g/mol. The number of imide groups is 1. The van der Waals surface area contributed by atoms with Crippen LogP contribution >= 0.6 is 11.8 Å². The fourth-order valence-electron chi connectivity index (χ4n) is 6.10. The fourth-order valence-corrected chi connectivity index (χ4v) is 6.56. The topological polar surface area (TPSA) is 80.8 Å². The standard InChI is InChI=1S/C26H29NO5S/c1-13-4-5-15(10-14(13)2)21(28)12-32-26(31)20(8-9-33-3)27-24(29)22-16-6-7-17(19-11-18(16)19)23(22)25(27)30/h4-7,10,16-20,22-23H,8-9,11-12H2,1-3H3/t16-,17-,18-,19-,20+,22+,23+/m1/s1. The first kappa shape index (κ1) is 22.4. The zero-order valence-electron chi connectivity index (χ0n) is 19.2. The van der Waals surface area contributed by atoms with Gasteiger partial charge in [-0.15, -0.1) is 0 Å². The van der Waals surface area contributed by atoms with Crippen LogP contribution < -0.4 is 0 Å². The van der Waals surface area contributed by atoms with Crippen LogP contribution in [0.1, 0.15) is 34.3 Å². The number of Topliss-reactive ketones (excluding diaryl/α,β-unsaturated/α-hetero) is 1. The lowest BCUT2D eigenvalue weighted by Crippen LogP contribution is -2.47. The predicted molar refractivity (Wildman–Crippen MR) is 125 cm³/mol. The zero-order chi connectivity index (χ0) is 23.4. The van der Waals surface area contributed by atoms with Gasteiger partial charge in [0.05, 0.1) is 11.8 Å². The minimum atomic E-state index is -0.980. The molecule has 4 aliphatic carbocycles. The van der Waals surface area contributed by atoms with Gasteiger partial charge in [0, 0.05) is 5.56 Å². The van der Waals surface area contributed by atoms with E-state index in [4.69, 9.17) is 4.74 Å². The second-order valence-electron chi connectivity index (χ2n) is 9.83. The molecule has 0 radical (unpaired) electrons. The molecule has 1 aliphatic heterocycles. The van der Waals surface area contributed by atoms with E-state index in [1.165, 1.54) is 4.90 Å². The van der Waals surface area contributed by atoms with Gasteiger partial charge in [-0.05, 0) is 79.6 Å². The van der Waals surface area contributed by atoms with Crippen LogP contribution in [-0.2, 0) is 19.1 Å². The van der Waals surface area contributed by atoms with Gasteiger partial charge in [0.1, 0.15) is 6.04 Å². The SMILES string of the molecule is CSCC[C@@H](C(=O)OCC(=O)c1ccc(C)c(C)c1)N1C(=O)[C@H]2[C@@H]3C=C[C@H]([C@H]4C[C@H]34)[C@@H]2C1=O. The van der Waals surface area contributed by atoms with E-state index in [2.05, 4.69) is 12.2 Å². The number of likely N-dealkylation sites (tertiary alicyclic amines) is 1. The summed E-state index contributed by atoms with van der Waals surface area (Å²) in [4.78, 5) is 53.7. The molecule has 2 saturated carbocycles. The van der Waals surface area contributed by atoms with Crippen LogP contribution in [-0.4, -0.2) is 53.1 Å². The van der Waals surface area contributed by atoms with Crippen LogP contribution in [0.15, 0.2) is 30.4 Å². The Kier molecular flexibility index (Phi) is 5.71. The molecule has 6 rings (SSSR count). The van der Waals surface area contributed by atoms with E-state index in [1.54, 1.807) is 23.9 Å². The van der Waals surface area contributed by atoms with Crippen LogP contribution in [0.25, 0.3) is 0 Å². The Bertz CT molecular complexity index is 1030. The Morgan fingerprint density at radius 2 is 1.70 bits per heavy atom. The van der Waals surface area contributed by atoms with Gasteiger partial charge in [0.2, 0.25) is 11.8 Å². The van der Waals surface area contributed by atoms with Crippen molar-refractivity contribution in [2.45, 2.75) is 32.7 Å². The first-order valence-electron chi connectivity index (χ1n) is 11.6. The maximum absolute atomic E-state index is 13.4. The molecule has 1 heterocycles. The molecule has 1 aromatic rings. The van der Waals surface area contributed by atoms with Crippen LogP contribution in [0.3, 0.4) is 0 Å². The van der Waals surface area contributed by atoms with Crippen molar-refractivity contribution in [1.82, 2.24) is 4.90 Å². The summed E-state index contributed by atoms with van der Waals surface area (Å²) in [5.74, 6) is -0.321. The van der Waals surface area contributed by atoms with Crippen molar-refractivity contribution in [3.63, 3.8) is 0 Å². The highest BCUT2D eigenvalue weighted by Gasteiger charge is 2.68. The number of rotatable bonds is 8. The van der Waals surface area contributed by atoms with E-state index in [0.717, 1.165) is 17.5 Å². The molecule has 7 atom stereocenters. The summed E-state index contributed by atoms with van der Waals surface area (Å²) in [6.45, 7) is 3.48. The highest BCUT2D eigenvalue weighted by Crippen LogP contribution is 2.65. The Morgan fingerprint density at radius 3 is 2.27 bits per heavy atom. The molecular formula is C26H29NO5S. The predicted octanol–water partition coefficient (Wildman–Crippen LogP) is 3.20. The van der Waals surface area contributed by atoms with Crippen molar-refractivity contribution >= 4 is 35.3 Å². The highest BCUT2D eigenvalue weighted by atomic mass is 32.2. The fraction of sp³-hybridized carbons (Fsp3) is 0.538. The molecule has 33 heavy (non-hydrogen) atoms. The molecule has 174 valence electrons. The second kappa shape index (κ2) is 8.42. The molecule has 1 saturated heterocycles. The first-order valence-corrected chi connectivity index (χ1v) is 13.0. The number of hydrogen-bond donors (Lipinski definition) is 0. The van der Waals surface area contributed by atoms with E-state index in [9.17, 15) is 19.2 Å². The van der Waals surface area contributed by atoms with Crippen molar-refractivity contribution in [3.8, 4) is 0 Å². The number of carbonyl (C=O) groups excluding carboxylic acids is 4. The summed E-state index contributed by atoms with van der Waals surface area (Å²) < 4.78 is 5.39. The van der Waals surface area contributed by atoms with Crippen molar-refractivity contribution in [2.75, 3.05) is 18.6 Å². The summed E-state index contributed by atoms with van der Waals surface area (Å²) in [6.07, 6.45) is 7.56. The van der Waals surface area contributed by atoms with Crippen LogP contribution in [0.2, 0.25) is 0 Å². The molecule has 5 aliphatic rings. The van der Waals surface area contributed by atoms with Gasteiger partial charge < -0.3 is 4.74 Å². The normalized spacial score (nSPS) is 31.9. The smallest absolute Gasteiger partial charge is 0.329 e. The van der Waals surface area contributed by atoms with Gasteiger partial charge in [0.25, 0.3) is 0 Å². The number of ether oxygens (including phenoxy) is 1. The number of esters is 1. The zero-order valence-corrected chi connectivity index (χ0v) is 20.0. The summed E-state index contributed by atoms with van der Waals surface area (Å²) in [6, 6.07) is 4.38. The van der Waals surface area contributed by atoms with E-state index < -0.39 is 18.6 Å². The minimum absolute atomic E-state index is 0.107. The van der Waals surface area contributed by atoms with Gasteiger partial charge in [-0.1, -0.05) is 24.3 Å². The van der Waals surface area contributed by atoms with Gasteiger partial charge in [0.15, 0.2) is 12.4 Å². The van der Waals surface area contributed by atoms with Crippen molar-refractivity contribution in [3.05, 3.63) is 47.0 Å². The third kappa shape index (κ3) is 3.65. The number of allylic oxidation sites excluding steroid dienone is 2. The van der Waals surface area contributed by atoms with Gasteiger partial charge in [-0.2, -0.15) is 11.8 Å². The summed E-state index contributed by atoms with van der Waals surface area (Å²) in [5.41, 5.74) is 2.55. The number of aryl methyl sites for hydroxylation is 2. The minimum Gasteiger partial charge on any atom is -0.456 e. The molecule has 2 bridgehead atoms. The second-order valence-corrected chi connectivity index (χ2v) is 10.8. The number of nitrogens with zero attached hydrogens (tertiary/aromatic N) is 1. The van der Waals surface area contributed by atoms with Crippen LogP contribution in [0, 0.1) is 49.4 Å². The van der Waals surface area contributed by atoms with E-state index in [-0.39, 0.29) is 41.3 Å². The number of hydrogen-bond acceptors (Lipinski definition) is 6. The Balaban J connectivity index is 1.31. The summed E-state index contributed by atoms with van der Waals surface area (Å²) >= 11 is 1.54. The Hall–Kier alpha value is -2.41. The van der Waals surface area contributed by atoms with E-state index in [1.807, 2.05) is 26.2 Å². The van der Waals surface area contributed by atoms with Gasteiger partial charge >= 0.3 is 5.97 Å². The third-order valence-corrected chi connectivity index (χ3v) is 8.69. The number of amides is 2. The molecule has 6 nitrogen and oxygen atoms in total. The summed E-state index contributed by atoms with van der Waals surface area (Å²) in [7, 11) is 0. The van der Waals surface area contributed by atoms with Crippen molar-refractivity contribution < 1.29 is 23.9 Å². The summed E-state index contributed by atoms with van der Waals surface area (Å²) in [5, 5.41) is 0. The molecular weight excluding hydrogens is 438 g/mol.